The highest BCUT2D eigenvalue weighted by Crippen LogP contribution is 2.38. The van der Waals surface area contributed by atoms with Crippen LogP contribution in [0.3, 0.4) is 0 Å². The first-order chi connectivity index (χ1) is 16.3. The summed E-state index contributed by atoms with van der Waals surface area (Å²) in [5.74, 6) is -1.84. The van der Waals surface area contributed by atoms with Crippen molar-refractivity contribution in [2.75, 3.05) is 6.61 Å². The van der Waals surface area contributed by atoms with E-state index in [-0.39, 0.29) is 30.9 Å². The van der Waals surface area contributed by atoms with Crippen molar-refractivity contribution in [3.63, 3.8) is 0 Å². The van der Waals surface area contributed by atoms with Crippen molar-refractivity contribution < 1.29 is 14.3 Å². The van der Waals surface area contributed by atoms with Crippen LogP contribution in [0.15, 0.2) is 60.7 Å². The standard InChI is InChI=1S/C26H23Cl2N3O3/c1-4-34-23(33)14-18(15-29)24-25(22(32)13-16(2)3)30-31(21-8-6-5-7-20(21)28)26(24)17-9-11-19(27)12-10-17/h5-12,18H,2,4,13-14H2,1,3H3. The van der Waals surface area contributed by atoms with Gasteiger partial charge >= 0.3 is 5.97 Å². The van der Waals surface area contributed by atoms with Crippen molar-refractivity contribution in [2.45, 2.75) is 32.6 Å². The molecule has 2 aromatic carbocycles. The van der Waals surface area contributed by atoms with Gasteiger partial charge in [0.15, 0.2) is 5.78 Å². The lowest BCUT2D eigenvalue weighted by Crippen LogP contribution is -2.13. The molecule has 0 saturated heterocycles. The van der Waals surface area contributed by atoms with Gasteiger partial charge in [-0.1, -0.05) is 59.6 Å². The summed E-state index contributed by atoms with van der Waals surface area (Å²) in [4.78, 5) is 25.6. The van der Waals surface area contributed by atoms with Gasteiger partial charge in [-0.2, -0.15) is 10.4 Å². The summed E-state index contributed by atoms with van der Waals surface area (Å²) in [5, 5.41) is 15.6. The fourth-order valence-corrected chi connectivity index (χ4v) is 3.95. The molecule has 8 heteroatoms. The molecule has 3 rings (SSSR count). The molecule has 1 unspecified atom stereocenters. The van der Waals surface area contributed by atoms with E-state index >= 15 is 0 Å². The van der Waals surface area contributed by atoms with E-state index < -0.39 is 11.9 Å². The highest BCUT2D eigenvalue weighted by atomic mass is 35.5. The zero-order chi connectivity index (χ0) is 24.8. The Hall–Kier alpha value is -3.40. The third kappa shape index (κ3) is 5.56. The van der Waals surface area contributed by atoms with E-state index in [4.69, 9.17) is 27.9 Å². The zero-order valence-corrected chi connectivity index (χ0v) is 20.4. The number of hydrogen-bond acceptors (Lipinski definition) is 5. The maximum Gasteiger partial charge on any atom is 0.307 e. The first-order valence-corrected chi connectivity index (χ1v) is 11.4. The number of aromatic nitrogens is 2. The summed E-state index contributed by atoms with van der Waals surface area (Å²) in [6, 6.07) is 16.2. The fourth-order valence-electron chi connectivity index (χ4n) is 3.61. The second-order valence-electron chi connectivity index (χ2n) is 7.73. The Balaban J connectivity index is 2.36. The van der Waals surface area contributed by atoms with E-state index in [0.717, 1.165) is 0 Å². The average molecular weight is 496 g/mol. The van der Waals surface area contributed by atoms with Crippen LogP contribution in [-0.4, -0.2) is 28.1 Å². The van der Waals surface area contributed by atoms with Gasteiger partial charge in [0.25, 0.3) is 0 Å². The highest BCUT2D eigenvalue weighted by molar-refractivity contribution is 6.32. The first kappa shape index (κ1) is 25.2. The number of carbonyl (C=O) groups excluding carboxylic acids is 2. The molecule has 0 fully saturated rings. The van der Waals surface area contributed by atoms with E-state index in [1.165, 1.54) is 0 Å². The molecule has 6 nitrogen and oxygen atoms in total. The molecule has 0 N–H and O–H groups in total. The van der Waals surface area contributed by atoms with Crippen LogP contribution in [0, 0.1) is 11.3 Å². The molecule has 1 aromatic heterocycles. The van der Waals surface area contributed by atoms with Crippen molar-refractivity contribution in [1.82, 2.24) is 9.78 Å². The number of benzene rings is 2. The number of rotatable bonds is 9. The monoisotopic (exact) mass is 495 g/mol. The van der Waals surface area contributed by atoms with Gasteiger partial charge in [-0.3, -0.25) is 9.59 Å². The van der Waals surface area contributed by atoms with E-state index in [1.807, 2.05) is 0 Å². The summed E-state index contributed by atoms with van der Waals surface area (Å²) in [6.07, 6.45) is -0.184. The topological polar surface area (TPSA) is 85.0 Å². The second-order valence-corrected chi connectivity index (χ2v) is 8.57. The molecule has 0 aliphatic heterocycles. The van der Waals surface area contributed by atoms with Gasteiger partial charge in [0, 0.05) is 22.6 Å². The molecule has 3 aromatic rings. The number of hydrogen-bond donors (Lipinski definition) is 0. The van der Waals surface area contributed by atoms with Crippen molar-refractivity contribution in [2.24, 2.45) is 0 Å². The molecule has 0 aliphatic rings. The van der Waals surface area contributed by atoms with Crippen LogP contribution in [-0.2, 0) is 9.53 Å². The van der Waals surface area contributed by atoms with Gasteiger partial charge in [0.2, 0.25) is 0 Å². The van der Waals surface area contributed by atoms with Gasteiger partial charge in [-0.05, 0) is 38.1 Å². The highest BCUT2D eigenvalue weighted by Gasteiger charge is 2.32. The number of ketones is 1. The number of nitriles is 1. The molecule has 0 spiro atoms. The van der Waals surface area contributed by atoms with Crippen LogP contribution >= 0.6 is 23.2 Å². The zero-order valence-electron chi connectivity index (χ0n) is 18.8. The number of nitrogens with zero attached hydrogens (tertiary/aromatic N) is 3. The second kappa shape index (κ2) is 11.1. The number of para-hydroxylation sites is 1. The maximum atomic E-state index is 13.3. The smallest absolute Gasteiger partial charge is 0.307 e. The van der Waals surface area contributed by atoms with Gasteiger partial charge in [0.1, 0.15) is 5.69 Å². The molecule has 1 heterocycles. The maximum absolute atomic E-state index is 13.3. The largest absolute Gasteiger partial charge is 0.466 e. The Bertz CT molecular complexity index is 1270. The number of allylic oxidation sites excluding steroid dienone is 1. The van der Waals surface area contributed by atoms with Crippen LogP contribution < -0.4 is 0 Å². The Morgan fingerprint density at radius 1 is 1.18 bits per heavy atom. The third-order valence-corrected chi connectivity index (χ3v) is 5.60. The third-order valence-electron chi connectivity index (χ3n) is 5.03. The van der Waals surface area contributed by atoms with Gasteiger partial charge in [0.05, 0.1) is 41.4 Å². The summed E-state index contributed by atoms with van der Waals surface area (Å²) in [6.45, 7) is 7.44. The molecule has 0 saturated carbocycles. The Morgan fingerprint density at radius 2 is 1.85 bits per heavy atom. The van der Waals surface area contributed by atoms with Crippen molar-refractivity contribution in [1.29, 1.82) is 5.26 Å². The van der Waals surface area contributed by atoms with E-state index in [2.05, 4.69) is 17.7 Å². The molecule has 1 atom stereocenters. The van der Waals surface area contributed by atoms with E-state index in [0.29, 0.717) is 38.1 Å². The van der Waals surface area contributed by atoms with Gasteiger partial charge < -0.3 is 4.74 Å². The number of halogens is 2. The summed E-state index contributed by atoms with van der Waals surface area (Å²) in [5.41, 5.74) is 2.73. The first-order valence-electron chi connectivity index (χ1n) is 10.6. The molecule has 0 amide bonds. The number of Topliss-reactive ketones (excluding diaryl/α,β-unsaturated/α-hetero) is 1. The number of esters is 1. The molecule has 0 bridgehead atoms. The van der Waals surface area contributed by atoms with Gasteiger partial charge in [-0.25, -0.2) is 4.68 Å². The lowest BCUT2D eigenvalue weighted by atomic mass is 9.90. The summed E-state index contributed by atoms with van der Waals surface area (Å²) < 4.78 is 6.62. The minimum atomic E-state index is -0.981. The molecule has 34 heavy (non-hydrogen) atoms. The van der Waals surface area contributed by atoms with Crippen LogP contribution in [0.5, 0.6) is 0 Å². The Kier molecular flexibility index (Phi) is 8.27. The summed E-state index contributed by atoms with van der Waals surface area (Å²) in [7, 11) is 0. The van der Waals surface area contributed by atoms with Crippen molar-refractivity contribution >= 4 is 35.0 Å². The molecular weight excluding hydrogens is 473 g/mol. The number of ether oxygens (including phenoxy) is 1. The van der Waals surface area contributed by atoms with Crippen LogP contribution in [0.25, 0.3) is 16.9 Å². The molecule has 174 valence electrons. The Morgan fingerprint density at radius 3 is 2.44 bits per heavy atom. The Labute approximate surface area is 208 Å². The molecule has 0 radical (unpaired) electrons. The quantitative estimate of drug-likeness (QED) is 0.190. The molecule has 0 aliphatic carbocycles. The number of carbonyl (C=O) groups is 2. The van der Waals surface area contributed by atoms with Crippen LogP contribution in [0.1, 0.15) is 48.7 Å². The predicted molar refractivity (Wildman–Crippen MR) is 132 cm³/mol. The van der Waals surface area contributed by atoms with E-state index in [9.17, 15) is 14.9 Å². The van der Waals surface area contributed by atoms with Crippen LogP contribution in [0.4, 0.5) is 0 Å². The van der Waals surface area contributed by atoms with Gasteiger partial charge in [-0.15, -0.1) is 0 Å². The normalized spacial score (nSPS) is 11.5. The van der Waals surface area contributed by atoms with E-state index in [1.54, 1.807) is 67.1 Å². The summed E-state index contributed by atoms with van der Waals surface area (Å²) >= 11 is 12.6. The minimum absolute atomic E-state index is 0.0458. The van der Waals surface area contributed by atoms with Crippen molar-refractivity contribution in [3.8, 4) is 23.0 Å². The SMILES string of the molecule is C=C(C)CC(=O)c1nn(-c2ccccc2Cl)c(-c2ccc(Cl)cc2)c1C(C#N)CC(=O)OCC. The fraction of sp³-hybridized carbons (Fsp3) is 0.231. The van der Waals surface area contributed by atoms with Crippen molar-refractivity contribution in [3.05, 3.63) is 82.0 Å². The predicted octanol–water partition coefficient (Wildman–Crippen LogP) is 6.56. The average Bonchev–Trinajstić information content (AvgIpc) is 3.18. The lowest BCUT2D eigenvalue weighted by Gasteiger charge is -2.14. The molecular formula is C26H23Cl2N3O3. The minimum Gasteiger partial charge on any atom is -0.466 e. The van der Waals surface area contributed by atoms with Crippen LogP contribution in [0.2, 0.25) is 10.0 Å². The lowest BCUT2D eigenvalue weighted by molar-refractivity contribution is -0.143.